The van der Waals surface area contributed by atoms with Gasteiger partial charge in [-0.15, -0.1) is 0 Å². The molecule has 1 aromatic heterocycles. The molecule has 3 N–H and O–H groups in total. The quantitative estimate of drug-likeness (QED) is 0.310. The number of hydrogen-bond donors (Lipinski definition) is 3. The van der Waals surface area contributed by atoms with Crippen molar-refractivity contribution in [3.8, 4) is 11.5 Å². The molecule has 2 aromatic carbocycles. The van der Waals surface area contributed by atoms with Gasteiger partial charge in [-0.25, -0.2) is 4.79 Å². The lowest BCUT2D eigenvalue weighted by Gasteiger charge is -2.17. The SMILES string of the molecule is COc1ccc(C(=O)NNC(=O)COC(=O)C(NC(=O)c2ccco2)c2ccccc2)cc1OC. The molecule has 11 nitrogen and oxygen atoms in total. The molecule has 3 rings (SSSR count). The van der Waals surface area contributed by atoms with Crippen molar-refractivity contribution in [2.24, 2.45) is 0 Å². The third-order valence-corrected chi connectivity index (χ3v) is 4.70. The monoisotopic (exact) mass is 481 g/mol. The molecule has 1 heterocycles. The van der Waals surface area contributed by atoms with Crippen LogP contribution in [0.5, 0.6) is 11.5 Å². The molecule has 3 aromatic rings. The number of rotatable bonds is 9. The Labute approximate surface area is 200 Å². The number of nitrogens with one attached hydrogen (secondary N) is 3. The first-order chi connectivity index (χ1) is 16.9. The van der Waals surface area contributed by atoms with Gasteiger partial charge in [0, 0.05) is 5.56 Å². The molecule has 0 aliphatic carbocycles. The Balaban J connectivity index is 1.56. The van der Waals surface area contributed by atoms with Gasteiger partial charge in [-0.05, 0) is 35.9 Å². The molecule has 1 atom stereocenters. The van der Waals surface area contributed by atoms with E-state index in [2.05, 4.69) is 16.2 Å². The molecular formula is C24H23N3O8. The van der Waals surface area contributed by atoms with Crippen molar-refractivity contribution in [2.45, 2.75) is 6.04 Å². The van der Waals surface area contributed by atoms with E-state index in [9.17, 15) is 19.2 Å². The predicted octanol–water partition coefficient (Wildman–Crippen LogP) is 1.77. The van der Waals surface area contributed by atoms with Gasteiger partial charge in [-0.2, -0.15) is 0 Å². The van der Waals surface area contributed by atoms with Gasteiger partial charge in [0.15, 0.2) is 29.9 Å². The Bertz CT molecular complexity index is 1180. The number of methoxy groups -OCH3 is 2. The van der Waals surface area contributed by atoms with Crippen molar-refractivity contribution in [2.75, 3.05) is 20.8 Å². The average molecular weight is 481 g/mol. The second-order valence-electron chi connectivity index (χ2n) is 6.97. The van der Waals surface area contributed by atoms with E-state index in [-0.39, 0.29) is 11.3 Å². The van der Waals surface area contributed by atoms with E-state index in [4.69, 9.17) is 18.6 Å². The van der Waals surface area contributed by atoms with Crippen LogP contribution in [0.15, 0.2) is 71.3 Å². The maximum absolute atomic E-state index is 12.7. The number of ether oxygens (including phenoxy) is 3. The molecule has 0 spiro atoms. The summed E-state index contributed by atoms with van der Waals surface area (Å²) in [7, 11) is 2.89. The molecule has 35 heavy (non-hydrogen) atoms. The molecule has 3 amide bonds. The number of carbonyl (C=O) groups excluding carboxylic acids is 4. The first-order valence-electron chi connectivity index (χ1n) is 10.3. The van der Waals surface area contributed by atoms with Crippen LogP contribution in [0.25, 0.3) is 0 Å². The highest BCUT2D eigenvalue weighted by Crippen LogP contribution is 2.27. The summed E-state index contributed by atoms with van der Waals surface area (Å²) >= 11 is 0. The summed E-state index contributed by atoms with van der Waals surface area (Å²) in [6, 6.07) is 14.6. The van der Waals surface area contributed by atoms with Gasteiger partial charge in [0.1, 0.15) is 0 Å². The molecule has 1 unspecified atom stereocenters. The molecule has 0 saturated heterocycles. The molecule has 0 bridgehead atoms. The minimum Gasteiger partial charge on any atom is -0.493 e. The van der Waals surface area contributed by atoms with Gasteiger partial charge in [-0.3, -0.25) is 25.2 Å². The first kappa shape index (κ1) is 24.8. The lowest BCUT2D eigenvalue weighted by molar-refractivity contribution is -0.150. The number of esters is 1. The highest BCUT2D eigenvalue weighted by molar-refractivity contribution is 5.97. The van der Waals surface area contributed by atoms with Crippen molar-refractivity contribution in [3.05, 3.63) is 83.8 Å². The number of hydrazine groups is 1. The number of hydrogen-bond acceptors (Lipinski definition) is 8. The third-order valence-electron chi connectivity index (χ3n) is 4.70. The van der Waals surface area contributed by atoms with E-state index >= 15 is 0 Å². The molecule has 0 radical (unpaired) electrons. The summed E-state index contributed by atoms with van der Waals surface area (Å²) in [4.78, 5) is 49.5. The number of amides is 3. The van der Waals surface area contributed by atoms with Crippen LogP contribution >= 0.6 is 0 Å². The van der Waals surface area contributed by atoms with Gasteiger partial charge < -0.3 is 23.9 Å². The molecule has 0 aliphatic rings. The van der Waals surface area contributed by atoms with Gasteiger partial charge in [-0.1, -0.05) is 30.3 Å². The van der Waals surface area contributed by atoms with E-state index in [0.717, 1.165) is 0 Å². The summed E-state index contributed by atoms with van der Waals surface area (Å²) in [6.07, 6.45) is 1.32. The van der Waals surface area contributed by atoms with Crippen LogP contribution in [-0.2, 0) is 14.3 Å². The summed E-state index contributed by atoms with van der Waals surface area (Å²) in [5.41, 5.74) is 5.01. The van der Waals surface area contributed by atoms with Crippen molar-refractivity contribution >= 4 is 23.7 Å². The predicted molar refractivity (Wildman–Crippen MR) is 121 cm³/mol. The lowest BCUT2D eigenvalue weighted by Crippen LogP contribution is -2.44. The van der Waals surface area contributed by atoms with Crippen LogP contribution in [0.3, 0.4) is 0 Å². The summed E-state index contributed by atoms with van der Waals surface area (Å²) in [6.45, 7) is -0.703. The average Bonchev–Trinajstić information content (AvgIpc) is 3.44. The van der Waals surface area contributed by atoms with Crippen LogP contribution in [-0.4, -0.2) is 44.5 Å². The van der Waals surface area contributed by atoms with Crippen molar-refractivity contribution in [3.63, 3.8) is 0 Å². The topological polar surface area (TPSA) is 145 Å². The molecular weight excluding hydrogens is 458 g/mol. The van der Waals surface area contributed by atoms with E-state index in [1.165, 1.54) is 50.8 Å². The number of carbonyl (C=O) groups is 4. The van der Waals surface area contributed by atoms with E-state index in [0.29, 0.717) is 17.1 Å². The maximum atomic E-state index is 12.7. The smallest absolute Gasteiger partial charge is 0.333 e. The molecule has 0 fully saturated rings. The fraction of sp³-hybridized carbons (Fsp3) is 0.167. The minimum absolute atomic E-state index is 0.00866. The van der Waals surface area contributed by atoms with Crippen LogP contribution in [0.4, 0.5) is 0 Å². The molecule has 0 aliphatic heterocycles. The van der Waals surface area contributed by atoms with Gasteiger partial charge >= 0.3 is 5.97 Å². The Hall–Kier alpha value is -4.80. The molecule has 0 saturated carbocycles. The Morgan fingerprint density at radius 3 is 2.26 bits per heavy atom. The van der Waals surface area contributed by atoms with Crippen LogP contribution < -0.4 is 25.6 Å². The standard InChI is InChI=1S/C24H23N3O8/c1-32-17-11-10-16(13-19(17)33-2)22(29)27-26-20(28)14-35-24(31)21(15-7-4-3-5-8-15)25-23(30)18-9-6-12-34-18/h3-13,21H,14H2,1-2H3,(H,25,30)(H,26,28)(H,27,29). The van der Waals surface area contributed by atoms with Crippen LogP contribution in [0.1, 0.15) is 32.5 Å². The summed E-state index contributed by atoms with van der Waals surface area (Å²) < 4.78 is 20.4. The largest absolute Gasteiger partial charge is 0.493 e. The van der Waals surface area contributed by atoms with Crippen molar-refractivity contribution in [1.82, 2.24) is 16.2 Å². The zero-order valence-electron chi connectivity index (χ0n) is 18.9. The summed E-state index contributed by atoms with van der Waals surface area (Å²) in [5.74, 6) is -2.15. The first-order valence-corrected chi connectivity index (χ1v) is 10.3. The van der Waals surface area contributed by atoms with Crippen molar-refractivity contribution < 1.29 is 37.8 Å². The van der Waals surface area contributed by atoms with Crippen LogP contribution in [0, 0.1) is 0 Å². The van der Waals surface area contributed by atoms with Gasteiger partial charge in [0.05, 0.1) is 20.5 Å². The fourth-order valence-corrected chi connectivity index (χ4v) is 2.97. The number of benzene rings is 2. The van der Waals surface area contributed by atoms with E-state index in [1.807, 2.05) is 0 Å². The van der Waals surface area contributed by atoms with E-state index < -0.39 is 36.3 Å². The molecule has 11 heteroatoms. The second kappa shape index (κ2) is 11.9. The second-order valence-corrected chi connectivity index (χ2v) is 6.97. The fourth-order valence-electron chi connectivity index (χ4n) is 2.97. The highest BCUT2D eigenvalue weighted by Gasteiger charge is 2.26. The Morgan fingerprint density at radius 1 is 0.857 bits per heavy atom. The Morgan fingerprint density at radius 2 is 1.60 bits per heavy atom. The molecule has 182 valence electrons. The van der Waals surface area contributed by atoms with Gasteiger partial charge in [0.25, 0.3) is 17.7 Å². The number of furan rings is 1. The van der Waals surface area contributed by atoms with Crippen molar-refractivity contribution in [1.29, 1.82) is 0 Å². The highest BCUT2D eigenvalue weighted by atomic mass is 16.5. The zero-order chi connectivity index (χ0) is 25.2. The minimum atomic E-state index is -1.19. The lowest BCUT2D eigenvalue weighted by atomic mass is 10.1. The third kappa shape index (κ3) is 6.60. The summed E-state index contributed by atoms with van der Waals surface area (Å²) in [5, 5.41) is 2.52. The Kier molecular flexibility index (Phi) is 8.43. The van der Waals surface area contributed by atoms with E-state index in [1.54, 1.807) is 30.3 Å². The maximum Gasteiger partial charge on any atom is 0.333 e. The van der Waals surface area contributed by atoms with Crippen LogP contribution in [0.2, 0.25) is 0 Å². The zero-order valence-corrected chi connectivity index (χ0v) is 18.9. The van der Waals surface area contributed by atoms with Gasteiger partial charge in [0.2, 0.25) is 0 Å². The normalized spacial score (nSPS) is 11.0.